The molecule has 0 aliphatic carbocycles. The topological polar surface area (TPSA) is 72.4 Å². The second-order valence-electron chi connectivity index (χ2n) is 4.90. The lowest BCUT2D eigenvalue weighted by molar-refractivity contribution is -0.384. The van der Waals surface area contributed by atoms with Crippen LogP contribution in [0.4, 0.5) is 11.4 Å². The molecule has 5 heteroatoms. The first-order valence-electron chi connectivity index (χ1n) is 6.90. The van der Waals surface area contributed by atoms with E-state index in [0.717, 1.165) is 18.7 Å². The van der Waals surface area contributed by atoms with Crippen molar-refractivity contribution < 1.29 is 4.92 Å². The molecule has 0 aromatic heterocycles. The molecule has 110 valence electrons. The molecule has 2 aromatic carbocycles. The smallest absolute Gasteiger partial charge is 0.292 e. The van der Waals surface area contributed by atoms with Crippen molar-refractivity contribution in [3.8, 4) is 0 Å². The first-order valence-corrected chi connectivity index (χ1v) is 6.90. The first kappa shape index (κ1) is 15.0. The zero-order chi connectivity index (χ0) is 15.2. The first-order chi connectivity index (χ1) is 10.1. The third-order valence-electron chi connectivity index (χ3n) is 3.46. The Morgan fingerprint density at radius 3 is 2.43 bits per heavy atom. The summed E-state index contributed by atoms with van der Waals surface area (Å²) in [6.45, 7) is 4.30. The van der Waals surface area contributed by atoms with Crippen LogP contribution in [0.1, 0.15) is 18.1 Å². The minimum absolute atomic E-state index is 0.0248. The summed E-state index contributed by atoms with van der Waals surface area (Å²) in [6, 6.07) is 15.1. The van der Waals surface area contributed by atoms with Gasteiger partial charge in [-0.15, -0.1) is 0 Å². The second kappa shape index (κ2) is 6.85. The van der Waals surface area contributed by atoms with E-state index in [1.54, 1.807) is 6.07 Å². The van der Waals surface area contributed by atoms with Crippen molar-refractivity contribution in [1.29, 1.82) is 0 Å². The summed E-state index contributed by atoms with van der Waals surface area (Å²) in [4.78, 5) is 12.7. The Morgan fingerprint density at radius 1 is 1.10 bits per heavy atom. The van der Waals surface area contributed by atoms with E-state index in [0.29, 0.717) is 6.54 Å². The molecule has 0 fully saturated rings. The van der Waals surface area contributed by atoms with E-state index in [-0.39, 0.29) is 11.4 Å². The standard InChI is InChI=1S/C16H19N3O2/c1-2-18(11-13-7-4-3-5-8-13)12-14-9-6-10-15(16(14)17)19(20)21/h3-10H,2,11-12,17H2,1H3. The maximum absolute atomic E-state index is 10.9. The van der Waals surface area contributed by atoms with E-state index in [1.807, 2.05) is 24.3 Å². The van der Waals surface area contributed by atoms with Gasteiger partial charge in [0.15, 0.2) is 0 Å². The fraction of sp³-hybridized carbons (Fsp3) is 0.250. The fourth-order valence-corrected chi connectivity index (χ4v) is 2.26. The normalized spacial score (nSPS) is 10.8. The van der Waals surface area contributed by atoms with Crippen LogP contribution in [-0.2, 0) is 13.1 Å². The van der Waals surface area contributed by atoms with Crippen LogP contribution in [0, 0.1) is 10.1 Å². The van der Waals surface area contributed by atoms with Crippen molar-refractivity contribution in [3.05, 3.63) is 69.8 Å². The number of hydrogen-bond acceptors (Lipinski definition) is 4. The van der Waals surface area contributed by atoms with Gasteiger partial charge in [0, 0.05) is 19.2 Å². The third kappa shape index (κ3) is 3.79. The molecule has 0 aliphatic rings. The molecule has 2 N–H and O–H groups in total. The highest BCUT2D eigenvalue weighted by Crippen LogP contribution is 2.26. The molecule has 0 saturated heterocycles. The average Bonchev–Trinajstić information content (AvgIpc) is 2.49. The summed E-state index contributed by atoms with van der Waals surface area (Å²) < 4.78 is 0. The molecule has 0 amide bonds. The van der Waals surface area contributed by atoms with Gasteiger partial charge in [0.1, 0.15) is 5.69 Å². The quantitative estimate of drug-likeness (QED) is 0.502. The Morgan fingerprint density at radius 2 is 1.81 bits per heavy atom. The number of nitro groups is 1. The van der Waals surface area contributed by atoms with E-state index >= 15 is 0 Å². The molecule has 0 unspecified atom stereocenters. The van der Waals surface area contributed by atoms with Crippen LogP contribution in [0.2, 0.25) is 0 Å². The van der Waals surface area contributed by atoms with Crippen molar-refractivity contribution >= 4 is 11.4 Å². The lowest BCUT2D eigenvalue weighted by atomic mass is 10.1. The van der Waals surface area contributed by atoms with Crippen LogP contribution in [0.3, 0.4) is 0 Å². The molecule has 0 bridgehead atoms. The SMILES string of the molecule is CCN(Cc1ccccc1)Cc1cccc([N+](=O)[O-])c1N. The fourth-order valence-electron chi connectivity index (χ4n) is 2.26. The molecule has 0 aliphatic heterocycles. The predicted octanol–water partition coefficient (Wildman–Crippen LogP) is 3.20. The number of hydrogen-bond donors (Lipinski definition) is 1. The number of benzene rings is 2. The maximum Gasteiger partial charge on any atom is 0.292 e. The Kier molecular flexibility index (Phi) is 4.90. The number of para-hydroxylation sites is 1. The molecule has 0 atom stereocenters. The van der Waals surface area contributed by atoms with Gasteiger partial charge in [0.2, 0.25) is 0 Å². The maximum atomic E-state index is 10.9. The number of nitrogens with two attached hydrogens (primary N) is 1. The van der Waals surface area contributed by atoms with Gasteiger partial charge in [-0.25, -0.2) is 0 Å². The van der Waals surface area contributed by atoms with Crippen molar-refractivity contribution in [3.63, 3.8) is 0 Å². The third-order valence-corrected chi connectivity index (χ3v) is 3.46. The summed E-state index contributed by atoms with van der Waals surface area (Å²) in [6.07, 6.45) is 0. The van der Waals surface area contributed by atoms with Crippen molar-refractivity contribution in [2.75, 3.05) is 12.3 Å². The molecule has 2 rings (SSSR count). The Balaban J connectivity index is 2.15. The molecule has 0 saturated carbocycles. The van der Waals surface area contributed by atoms with Gasteiger partial charge in [0.25, 0.3) is 5.69 Å². The number of rotatable bonds is 6. The molecule has 0 radical (unpaired) electrons. The largest absolute Gasteiger partial charge is 0.393 e. The van der Waals surface area contributed by atoms with Crippen molar-refractivity contribution in [2.24, 2.45) is 0 Å². The van der Waals surface area contributed by atoms with Crippen LogP contribution >= 0.6 is 0 Å². The minimum atomic E-state index is -0.438. The minimum Gasteiger partial charge on any atom is -0.393 e. The number of nitrogen functional groups attached to an aromatic ring is 1. The highest BCUT2D eigenvalue weighted by atomic mass is 16.6. The molecular formula is C16H19N3O2. The van der Waals surface area contributed by atoms with Gasteiger partial charge < -0.3 is 5.73 Å². The van der Waals surface area contributed by atoms with Gasteiger partial charge in [-0.3, -0.25) is 15.0 Å². The molecule has 21 heavy (non-hydrogen) atoms. The number of nitrogens with zero attached hydrogens (tertiary/aromatic N) is 2. The van der Waals surface area contributed by atoms with Gasteiger partial charge in [-0.05, 0) is 17.7 Å². The van der Waals surface area contributed by atoms with Crippen LogP contribution in [0.25, 0.3) is 0 Å². The van der Waals surface area contributed by atoms with Crippen LogP contribution < -0.4 is 5.73 Å². The van der Waals surface area contributed by atoms with Crippen molar-refractivity contribution in [2.45, 2.75) is 20.0 Å². The Hall–Kier alpha value is -2.40. The van der Waals surface area contributed by atoms with Crippen LogP contribution in [-0.4, -0.2) is 16.4 Å². The van der Waals surface area contributed by atoms with E-state index in [1.165, 1.54) is 11.6 Å². The Bertz CT molecular complexity index is 614. The summed E-state index contributed by atoms with van der Waals surface area (Å²) in [5.74, 6) is 0. The Labute approximate surface area is 124 Å². The monoisotopic (exact) mass is 285 g/mol. The zero-order valence-corrected chi connectivity index (χ0v) is 12.0. The lowest BCUT2D eigenvalue weighted by Crippen LogP contribution is -2.23. The molecular weight excluding hydrogens is 266 g/mol. The summed E-state index contributed by atoms with van der Waals surface area (Å²) in [5.41, 5.74) is 8.15. The van der Waals surface area contributed by atoms with E-state index in [9.17, 15) is 10.1 Å². The predicted molar refractivity (Wildman–Crippen MR) is 83.7 cm³/mol. The van der Waals surface area contributed by atoms with Crippen LogP contribution in [0.5, 0.6) is 0 Å². The second-order valence-corrected chi connectivity index (χ2v) is 4.90. The summed E-state index contributed by atoms with van der Waals surface area (Å²) in [7, 11) is 0. The van der Waals surface area contributed by atoms with E-state index < -0.39 is 4.92 Å². The van der Waals surface area contributed by atoms with E-state index in [4.69, 9.17) is 5.73 Å². The number of anilines is 1. The van der Waals surface area contributed by atoms with Crippen LogP contribution in [0.15, 0.2) is 48.5 Å². The van der Waals surface area contributed by atoms with Gasteiger partial charge >= 0.3 is 0 Å². The highest BCUT2D eigenvalue weighted by molar-refractivity contribution is 5.62. The van der Waals surface area contributed by atoms with Gasteiger partial charge in [-0.1, -0.05) is 49.4 Å². The zero-order valence-electron chi connectivity index (χ0n) is 12.0. The van der Waals surface area contributed by atoms with E-state index in [2.05, 4.69) is 24.0 Å². The average molecular weight is 285 g/mol. The van der Waals surface area contributed by atoms with Gasteiger partial charge in [-0.2, -0.15) is 0 Å². The summed E-state index contributed by atoms with van der Waals surface area (Å²) in [5, 5.41) is 10.9. The van der Waals surface area contributed by atoms with Gasteiger partial charge in [0.05, 0.1) is 4.92 Å². The molecule has 0 heterocycles. The number of nitro benzene ring substituents is 1. The highest BCUT2D eigenvalue weighted by Gasteiger charge is 2.15. The molecule has 5 nitrogen and oxygen atoms in total. The molecule has 0 spiro atoms. The van der Waals surface area contributed by atoms with Crippen molar-refractivity contribution in [1.82, 2.24) is 4.90 Å². The lowest BCUT2D eigenvalue weighted by Gasteiger charge is -2.21. The summed E-state index contributed by atoms with van der Waals surface area (Å²) >= 11 is 0. The molecule has 2 aromatic rings.